The van der Waals surface area contributed by atoms with Crippen molar-refractivity contribution in [1.82, 2.24) is 10.5 Å². The molecule has 0 saturated heterocycles. The number of rotatable bonds is 5. The normalized spacial score (nSPS) is 11.5. The number of benzene rings is 1. The SMILES string of the molecule is Cc1onc(-c2c(F)cccc2Cl)c1C(=O)NCCS(C)(=O)=O. The maximum atomic E-state index is 14.0. The van der Waals surface area contributed by atoms with Crippen molar-refractivity contribution in [3.8, 4) is 11.3 Å². The van der Waals surface area contributed by atoms with Crippen molar-refractivity contribution >= 4 is 27.3 Å². The molecule has 0 fully saturated rings. The first-order valence-electron chi connectivity index (χ1n) is 6.57. The van der Waals surface area contributed by atoms with Crippen LogP contribution in [-0.2, 0) is 9.84 Å². The summed E-state index contributed by atoms with van der Waals surface area (Å²) in [6.07, 6.45) is 1.06. The molecule has 6 nitrogen and oxygen atoms in total. The van der Waals surface area contributed by atoms with Crippen molar-refractivity contribution in [2.24, 2.45) is 0 Å². The molecule has 1 aromatic carbocycles. The van der Waals surface area contributed by atoms with Crippen LogP contribution >= 0.6 is 11.6 Å². The van der Waals surface area contributed by atoms with Crippen LogP contribution < -0.4 is 5.32 Å². The van der Waals surface area contributed by atoms with Crippen LogP contribution in [0, 0.1) is 12.7 Å². The maximum Gasteiger partial charge on any atom is 0.257 e. The predicted molar refractivity (Wildman–Crippen MR) is 83.7 cm³/mol. The molecule has 1 N–H and O–H groups in total. The van der Waals surface area contributed by atoms with E-state index in [-0.39, 0.29) is 39.9 Å². The molecule has 0 saturated carbocycles. The van der Waals surface area contributed by atoms with Crippen LogP contribution in [0.4, 0.5) is 4.39 Å². The molecule has 2 aromatic rings. The Morgan fingerprint density at radius 1 is 1.43 bits per heavy atom. The lowest BCUT2D eigenvalue weighted by Gasteiger charge is -2.07. The van der Waals surface area contributed by atoms with E-state index in [1.165, 1.54) is 25.1 Å². The number of aromatic nitrogens is 1. The average Bonchev–Trinajstić information content (AvgIpc) is 2.79. The van der Waals surface area contributed by atoms with Crippen LogP contribution in [-0.4, -0.2) is 38.0 Å². The number of nitrogens with one attached hydrogen (secondary N) is 1. The smallest absolute Gasteiger partial charge is 0.257 e. The zero-order valence-electron chi connectivity index (χ0n) is 12.4. The van der Waals surface area contributed by atoms with E-state index < -0.39 is 21.6 Å². The lowest BCUT2D eigenvalue weighted by atomic mass is 10.0. The molecule has 23 heavy (non-hydrogen) atoms. The topological polar surface area (TPSA) is 89.3 Å². The molecule has 0 bridgehead atoms. The number of halogens is 2. The maximum absolute atomic E-state index is 14.0. The Morgan fingerprint density at radius 2 is 2.13 bits per heavy atom. The van der Waals surface area contributed by atoms with E-state index in [0.717, 1.165) is 6.26 Å². The van der Waals surface area contributed by atoms with E-state index in [4.69, 9.17) is 16.1 Å². The quantitative estimate of drug-likeness (QED) is 0.883. The molecule has 2 rings (SSSR count). The summed E-state index contributed by atoms with van der Waals surface area (Å²) in [7, 11) is -3.21. The highest BCUT2D eigenvalue weighted by Gasteiger charge is 2.25. The predicted octanol–water partition coefficient (Wildman–Crippen LogP) is 2.22. The lowest BCUT2D eigenvalue weighted by molar-refractivity contribution is 0.0955. The highest BCUT2D eigenvalue weighted by Crippen LogP contribution is 2.33. The van der Waals surface area contributed by atoms with Crippen LogP contribution in [0.25, 0.3) is 11.3 Å². The van der Waals surface area contributed by atoms with E-state index in [9.17, 15) is 17.6 Å². The van der Waals surface area contributed by atoms with Crippen LogP contribution in [0.1, 0.15) is 16.1 Å². The molecule has 0 atom stereocenters. The van der Waals surface area contributed by atoms with Gasteiger partial charge in [-0.15, -0.1) is 0 Å². The lowest BCUT2D eigenvalue weighted by Crippen LogP contribution is -2.29. The fourth-order valence-electron chi connectivity index (χ4n) is 1.97. The highest BCUT2D eigenvalue weighted by molar-refractivity contribution is 7.90. The monoisotopic (exact) mass is 360 g/mol. The molecule has 0 aliphatic rings. The molecule has 0 aliphatic carbocycles. The van der Waals surface area contributed by atoms with Crippen LogP contribution in [0.5, 0.6) is 0 Å². The third kappa shape index (κ3) is 4.08. The second-order valence-electron chi connectivity index (χ2n) is 4.94. The largest absolute Gasteiger partial charge is 0.360 e. The number of hydrogen-bond donors (Lipinski definition) is 1. The van der Waals surface area contributed by atoms with E-state index in [2.05, 4.69) is 10.5 Å². The van der Waals surface area contributed by atoms with E-state index >= 15 is 0 Å². The number of carbonyl (C=O) groups excluding carboxylic acids is 1. The Morgan fingerprint density at radius 3 is 2.74 bits per heavy atom. The summed E-state index contributed by atoms with van der Waals surface area (Å²) < 4.78 is 41.2. The van der Waals surface area contributed by atoms with Gasteiger partial charge in [0.2, 0.25) is 0 Å². The van der Waals surface area contributed by atoms with Crippen molar-refractivity contribution in [3.05, 3.63) is 40.4 Å². The Hall–Kier alpha value is -1.93. The third-order valence-electron chi connectivity index (χ3n) is 3.05. The number of aryl methyl sites for hydroxylation is 1. The Bertz CT molecular complexity index is 828. The van der Waals surface area contributed by atoms with Crippen LogP contribution in [0.2, 0.25) is 5.02 Å². The molecule has 0 unspecified atom stereocenters. The Labute approximate surface area is 137 Å². The Balaban J connectivity index is 2.34. The minimum absolute atomic E-state index is 0.0190. The molecule has 0 aliphatic heterocycles. The summed E-state index contributed by atoms with van der Waals surface area (Å²) in [5.74, 6) is -1.28. The molecule has 0 spiro atoms. The molecule has 1 aromatic heterocycles. The number of nitrogens with zero attached hydrogens (tertiary/aromatic N) is 1. The number of hydrogen-bond acceptors (Lipinski definition) is 5. The van der Waals surface area contributed by atoms with Crippen LogP contribution in [0.15, 0.2) is 22.7 Å². The van der Waals surface area contributed by atoms with Gasteiger partial charge < -0.3 is 9.84 Å². The highest BCUT2D eigenvalue weighted by atomic mass is 35.5. The molecule has 1 heterocycles. The molecule has 1 amide bonds. The number of sulfone groups is 1. The fourth-order valence-corrected chi connectivity index (χ4v) is 2.70. The summed E-state index contributed by atoms with van der Waals surface area (Å²) in [5, 5.41) is 6.24. The molecular formula is C14H14ClFN2O4S. The zero-order valence-corrected chi connectivity index (χ0v) is 14.0. The molecule has 124 valence electrons. The molecule has 0 radical (unpaired) electrons. The summed E-state index contributed by atoms with van der Waals surface area (Å²) in [6.45, 7) is 1.42. The van der Waals surface area contributed by atoms with Crippen molar-refractivity contribution in [1.29, 1.82) is 0 Å². The first-order chi connectivity index (χ1) is 10.7. The second kappa shape index (κ2) is 6.67. The number of amides is 1. The van der Waals surface area contributed by atoms with Crippen molar-refractivity contribution in [2.45, 2.75) is 6.92 Å². The summed E-state index contributed by atoms with van der Waals surface area (Å²) in [5.41, 5.74) is -0.0489. The first-order valence-corrected chi connectivity index (χ1v) is 9.01. The van der Waals surface area contributed by atoms with Crippen LogP contribution in [0.3, 0.4) is 0 Å². The van der Waals surface area contributed by atoms with Gasteiger partial charge >= 0.3 is 0 Å². The summed E-state index contributed by atoms with van der Waals surface area (Å²) in [4.78, 5) is 12.3. The second-order valence-corrected chi connectivity index (χ2v) is 7.61. The standard InChI is InChI=1S/C14H14ClFN2O4S/c1-8-11(14(19)17-6-7-23(2,20)21)13(18-22-8)12-9(15)4-3-5-10(12)16/h3-5H,6-7H2,1-2H3,(H,17,19). The minimum Gasteiger partial charge on any atom is -0.360 e. The first kappa shape index (κ1) is 17.4. The summed E-state index contributed by atoms with van der Waals surface area (Å²) >= 11 is 5.98. The van der Waals surface area contributed by atoms with Gasteiger partial charge in [0.15, 0.2) is 0 Å². The van der Waals surface area contributed by atoms with Gasteiger partial charge in [0.1, 0.15) is 32.7 Å². The fraction of sp³-hybridized carbons (Fsp3) is 0.286. The minimum atomic E-state index is -3.21. The van der Waals surface area contributed by atoms with E-state index in [1.54, 1.807) is 0 Å². The van der Waals surface area contributed by atoms with Crippen molar-refractivity contribution in [3.63, 3.8) is 0 Å². The molecular weight excluding hydrogens is 347 g/mol. The van der Waals surface area contributed by atoms with E-state index in [0.29, 0.717) is 0 Å². The van der Waals surface area contributed by atoms with Gasteiger partial charge in [-0.25, -0.2) is 12.8 Å². The van der Waals surface area contributed by atoms with Gasteiger partial charge in [-0.3, -0.25) is 4.79 Å². The van der Waals surface area contributed by atoms with E-state index in [1.807, 2.05) is 0 Å². The molecule has 9 heteroatoms. The summed E-state index contributed by atoms with van der Waals surface area (Å²) in [6, 6.07) is 4.09. The van der Waals surface area contributed by atoms with Gasteiger partial charge in [0, 0.05) is 12.8 Å². The zero-order chi connectivity index (χ0) is 17.2. The van der Waals surface area contributed by atoms with Gasteiger partial charge in [0.05, 0.1) is 16.3 Å². The van der Waals surface area contributed by atoms with Crippen molar-refractivity contribution in [2.75, 3.05) is 18.6 Å². The van der Waals surface area contributed by atoms with Gasteiger partial charge in [-0.2, -0.15) is 0 Å². The third-order valence-corrected chi connectivity index (χ3v) is 4.31. The van der Waals surface area contributed by atoms with Gasteiger partial charge in [-0.05, 0) is 19.1 Å². The number of carbonyl (C=O) groups is 1. The average molecular weight is 361 g/mol. The van der Waals surface area contributed by atoms with Crippen molar-refractivity contribution < 1.29 is 22.1 Å². The van der Waals surface area contributed by atoms with Gasteiger partial charge in [0.25, 0.3) is 5.91 Å². The van der Waals surface area contributed by atoms with Gasteiger partial charge in [-0.1, -0.05) is 22.8 Å². The Kier molecular flexibility index (Phi) is 5.06.